The van der Waals surface area contributed by atoms with Crippen molar-refractivity contribution in [3.8, 4) is 0 Å². The Hall–Kier alpha value is -2.56. The molecule has 2 aromatic heterocycles. The van der Waals surface area contributed by atoms with Gasteiger partial charge in [0.15, 0.2) is 0 Å². The maximum absolute atomic E-state index is 12.1. The van der Waals surface area contributed by atoms with Crippen molar-refractivity contribution >= 4 is 16.8 Å². The summed E-state index contributed by atoms with van der Waals surface area (Å²) in [5.41, 5.74) is 2.59. The number of aromatic nitrogens is 3. The third kappa shape index (κ3) is 1.86. The largest absolute Gasteiger partial charge is 0.361 e. The van der Waals surface area contributed by atoms with Gasteiger partial charge in [-0.2, -0.15) is 5.10 Å². The molecule has 0 aliphatic carbocycles. The molecule has 90 valence electrons. The van der Waals surface area contributed by atoms with Crippen molar-refractivity contribution in [3.63, 3.8) is 0 Å². The van der Waals surface area contributed by atoms with Crippen LogP contribution in [-0.2, 0) is 6.54 Å². The Morgan fingerprint density at radius 3 is 3.11 bits per heavy atom. The Balaban J connectivity index is 1.81. The lowest BCUT2D eigenvalue weighted by molar-refractivity contribution is 0.0952. The Kier molecular flexibility index (Phi) is 2.57. The van der Waals surface area contributed by atoms with Crippen LogP contribution in [0.5, 0.6) is 0 Å². The fraction of sp³-hybridized carbons (Fsp3) is 0.0769. The van der Waals surface area contributed by atoms with E-state index in [0.29, 0.717) is 12.1 Å². The Bertz CT molecular complexity index is 669. The minimum Gasteiger partial charge on any atom is -0.361 e. The third-order valence-electron chi connectivity index (χ3n) is 2.85. The summed E-state index contributed by atoms with van der Waals surface area (Å²) in [7, 11) is 0. The van der Waals surface area contributed by atoms with Crippen molar-refractivity contribution in [2.45, 2.75) is 6.54 Å². The second kappa shape index (κ2) is 4.37. The molecule has 0 aliphatic heterocycles. The van der Waals surface area contributed by atoms with E-state index in [-0.39, 0.29) is 5.91 Å². The first-order valence-corrected chi connectivity index (χ1v) is 5.66. The van der Waals surface area contributed by atoms with Gasteiger partial charge in [0.25, 0.3) is 5.91 Å². The van der Waals surface area contributed by atoms with E-state index >= 15 is 0 Å². The molecule has 2 heterocycles. The summed E-state index contributed by atoms with van der Waals surface area (Å²) in [6.45, 7) is 0.468. The molecule has 0 saturated heterocycles. The van der Waals surface area contributed by atoms with Crippen LogP contribution in [-0.4, -0.2) is 21.1 Å². The highest BCUT2D eigenvalue weighted by Gasteiger charge is 2.09. The number of benzene rings is 1. The van der Waals surface area contributed by atoms with Gasteiger partial charge in [-0.15, -0.1) is 0 Å². The number of hydrogen-bond acceptors (Lipinski definition) is 2. The maximum Gasteiger partial charge on any atom is 0.252 e. The van der Waals surface area contributed by atoms with Crippen LogP contribution in [0.3, 0.4) is 0 Å². The topological polar surface area (TPSA) is 73.6 Å². The molecular formula is C13H12N4O. The first-order chi connectivity index (χ1) is 8.84. The third-order valence-corrected chi connectivity index (χ3v) is 2.85. The lowest BCUT2D eigenvalue weighted by Crippen LogP contribution is -2.22. The van der Waals surface area contributed by atoms with Crippen molar-refractivity contribution in [1.29, 1.82) is 0 Å². The van der Waals surface area contributed by atoms with Gasteiger partial charge in [-0.1, -0.05) is 6.07 Å². The van der Waals surface area contributed by atoms with E-state index in [1.54, 1.807) is 12.4 Å². The number of fused-ring (bicyclic) bond motifs is 1. The number of nitrogens with zero attached hydrogens (tertiary/aromatic N) is 1. The molecule has 0 fully saturated rings. The van der Waals surface area contributed by atoms with E-state index in [0.717, 1.165) is 16.5 Å². The summed E-state index contributed by atoms with van der Waals surface area (Å²) >= 11 is 0. The highest BCUT2D eigenvalue weighted by atomic mass is 16.1. The van der Waals surface area contributed by atoms with Crippen molar-refractivity contribution in [1.82, 2.24) is 20.5 Å². The Morgan fingerprint density at radius 2 is 2.28 bits per heavy atom. The minimum absolute atomic E-state index is 0.0820. The zero-order chi connectivity index (χ0) is 12.4. The number of rotatable bonds is 3. The first kappa shape index (κ1) is 10.6. The number of nitrogens with one attached hydrogen (secondary N) is 3. The van der Waals surface area contributed by atoms with Gasteiger partial charge in [-0.25, -0.2) is 0 Å². The van der Waals surface area contributed by atoms with Gasteiger partial charge in [0.05, 0.1) is 6.20 Å². The van der Waals surface area contributed by atoms with Gasteiger partial charge >= 0.3 is 0 Å². The second-order valence-electron chi connectivity index (χ2n) is 4.03. The molecule has 1 aromatic carbocycles. The molecule has 3 aromatic rings. The lowest BCUT2D eigenvalue weighted by Gasteiger charge is -2.04. The number of H-pyrrole nitrogens is 2. The highest BCUT2D eigenvalue weighted by Crippen LogP contribution is 2.17. The fourth-order valence-corrected chi connectivity index (χ4v) is 1.94. The predicted octanol–water partition coefficient (Wildman–Crippen LogP) is 1.82. The number of carbonyl (C=O) groups excluding carboxylic acids is 1. The standard InChI is InChI=1S/C13H12N4O/c18-13(15-6-9-7-16-17-8-9)11-2-1-3-12-10(11)4-5-14-12/h1-5,7-8,14H,6H2,(H,15,18)(H,16,17). The first-order valence-electron chi connectivity index (χ1n) is 5.66. The quantitative estimate of drug-likeness (QED) is 0.653. The summed E-state index contributed by atoms with van der Waals surface area (Å²) < 4.78 is 0. The van der Waals surface area contributed by atoms with Crippen molar-refractivity contribution in [2.24, 2.45) is 0 Å². The van der Waals surface area contributed by atoms with Crippen LogP contribution >= 0.6 is 0 Å². The summed E-state index contributed by atoms with van der Waals surface area (Å²) in [6.07, 6.45) is 5.28. The number of hydrogen-bond donors (Lipinski definition) is 3. The fourth-order valence-electron chi connectivity index (χ4n) is 1.94. The molecule has 3 rings (SSSR count). The second-order valence-corrected chi connectivity index (χ2v) is 4.03. The van der Waals surface area contributed by atoms with Gasteiger partial charge in [0, 0.05) is 41.0 Å². The monoisotopic (exact) mass is 240 g/mol. The molecule has 0 saturated carbocycles. The molecule has 0 atom stereocenters. The van der Waals surface area contributed by atoms with Gasteiger partial charge in [-0.05, 0) is 18.2 Å². The normalized spacial score (nSPS) is 10.7. The average Bonchev–Trinajstić information content (AvgIpc) is 3.05. The number of aromatic amines is 2. The summed E-state index contributed by atoms with van der Waals surface area (Å²) in [6, 6.07) is 7.54. The van der Waals surface area contributed by atoms with Crippen molar-refractivity contribution < 1.29 is 4.79 Å². The number of carbonyl (C=O) groups is 1. The molecular weight excluding hydrogens is 228 g/mol. The van der Waals surface area contributed by atoms with Crippen LogP contribution < -0.4 is 5.32 Å². The van der Waals surface area contributed by atoms with Gasteiger partial charge in [0.2, 0.25) is 0 Å². The summed E-state index contributed by atoms with van der Waals surface area (Å²) in [5, 5.41) is 10.3. The SMILES string of the molecule is O=C(NCc1cn[nH]c1)c1cccc2[nH]ccc12. The van der Waals surface area contributed by atoms with E-state index in [1.807, 2.05) is 30.5 Å². The maximum atomic E-state index is 12.1. The Morgan fingerprint density at radius 1 is 1.33 bits per heavy atom. The van der Waals surface area contributed by atoms with E-state index < -0.39 is 0 Å². The van der Waals surface area contributed by atoms with E-state index in [9.17, 15) is 4.79 Å². The zero-order valence-electron chi connectivity index (χ0n) is 9.60. The highest BCUT2D eigenvalue weighted by molar-refractivity contribution is 6.06. The van der Waals surface area contributed by atoms with E-state index in [1.165, 1.54) is 0 Å². The van der Waals surface area contributed by atoms with E-state index in [4.69, 9.17) is 0 Å². The molecule has 0 aliphatic rings. The minimum atomic E-state index is -0.0820. The van der Waals surface area contributed by atoms with Gasteiger partial charge in [-0.3, -0.25) is 9.89 Å². The van der Waals surface area contributed by atoms with Crippen molar-refractivity contribution in [3.05, 3.63) is 54.0 Å². The predicted molar refractivity (Wildman–Crippen MR) is 68.1 cm³/mol. The lowest BCUT2D eigenvalue weighted by atomic mass is 10.1. The smallest absolute Gasteiger partial charge is 0.252 e. The Labute approximate surface area is 103 Å². The molecule has 18 heavy (non-hydrogen) atoms. The zero-order valence-corrected chi connectivity index (χ0v) is 9.60. The van der Waals surface area contributed by atoms with Crippen molar-refractivity contribution in [2.75, 3.05) is 0 Å². The molecule has 1 amide bonds. The van der Waals surface area contributed by atoms with Gasteiger partial charge < -0.3 is 10.3 Å². The van der Waals surface area contributed by atoms with Crippen LogP contribution in [0.1, 0.15) is 15.9 Å². The van der Waals surface area contributed by atoms with Crippen LogP contribution in [0, 0.1) is 0 Å². The molecule has 3 N–H and O–H groups in total. The summed E-state index contributed by atoms with van der Waals surface area (Å²) in [4.78, 5) is 15.2. The van der Waals surface area contributed by atoms with E-state index in [2.05, 4.69) is 20.5 Å². The molecule has 5 nitrogen and oxygen atoms in total. The van der Waals surface area contributed by atoms with Crippen LogP contribution in [0.15, 0.2) is 42.9 Å². The summed E-state index contributed by atoms with van der Waals surface area (Å²) in [5.74, 6) is -0.0820. The number of amides is 1. The molecule has 0 unspecified atom stereocenters. The molecule has 5 heteroatoms. The van der Waals surface area contributed by atoms with Crippen LogP contribution in [0.2, 0.25) is 0 Å². The van der Waals surface area contributed by atoms with Crippen LogP contribution in [0.25, 0.3) is 10.9 Å². The van der Waals surface area contributed by atoms with Gasteiger partial charge in [0.1, 0.15) is 0 Å². The molecule has 0 bridgehead atoms. The molecule has 0 radical (unpaired) electrons. The molecule has 0 spiro atoms. The van der Waals surface area contributed by atoms with Crippen LogP contribution in [0.4, 0.5) is 0 Å². The average molecular weight is 240 g/mol.